The number of carbonyl (C=O) groups excluding carboxylic acids is 3. The third kappa shape index (κ3) is 15.2. The molecule has 0 saturated heterocycles. The first kappa shape index (κ1) is 37.8. The molecule has 1 saturated carbocycles. The molecule has 0 bridgehead atoms. The van der Waals surface area contributed by atoms with Crippen LogP contribution in [0.1, 0.15) is 138 Å². The Hall–Kier alpha value is -3.61. The van der Waals surface area contributed by atoms with Crippen LogP contribution in [0.3, 0.4) is 0 Å². The van der Waals surface area contributed by atoms with Crippen molar-refractivity contribution < 1.29 is 33.3 Å². The van der Waals surface area contributed by atoms with Gasteiger partial charge in [0.15, 0.2) is 0 Å². The molecule has 7 nitrogen and oxygen atoms in total. The van der Waals surface area contributed by atoms with Crippen LogP contribution in [0.5, 0.6) is 11.5 Å². The molecule has 1 fully saturated rings. The monoisotopic (exact) mass is 648 g/mol. The van der Waals surface area contributed by atoms with Gasteiger partial charge in [-0.25, -0.2) is 9.59 Å². The summed E-state index contributed by atoms with van der Waals surface area (Å²) in [6.07, 6.45) is 16.8. The molecule has 2 aromatic rings. The van der Waals surface area contributed by atoms with Gasteiger partial charge in [0.25, 0.3) is 0 Å². The smallest absolute Gasteiger partial charge is 0.343 e. The van der Waals surface area contributed by atoms with Gasteiger partial charge in [-0.05, 0) is 131 Å². The van der Waals surface area contributed by atoms with Crippen LogP contribution in [0.4, 0.5) is 0 Å². The van der Waals surface area contributed by atoms with Crippen LogP contribution >= 0.6 is 0 Å². The van der Waals surface area contributed by atoms with Crippen molar-refractivity contribution in [2.75, 3.05) is 19.8 Å². The fourth-order valence-corrected chi connectivity index (χ4v) is 5.97. The first-order chi connectivity index (χ1) is 22.9. The second-order valence-corrected chi connectivity index (χ2v) is 12.9. The van der Waals surface area contributed by atoms with Crippen molar-refractivity contribution in [3.05, 3.63) is 71.8 Å². The van der Waals surface area contributed by atoms with Crippen LogP contribution in [-0.4, -0.2) is 37.7 Å². The maximum atomic E-state index is 12.7. The molecule has 3 rings (SSSR count). The molecule has 7 heteroatoms. The molecule has 0 spiro atoms. The number of esters is 3. The van der Waals surface area contributed by atoms with Crippen molar-refractivity contribution in [3.8, 4) is 11.5 Å². The minimum atomic E-state index is -0.376. The van der Waals surface area contributed by atoms with E-state index in [4.69, 9.17) is 18.9 Å². The van der Waals surface area contributed by atoms with Crippen LogP contribution < -0.4 is 9.47 Å². The normalized spacial score (nSPS) is 15.9. The Morgan fingerprint density at radius 1 is 0.702 bits per heavy atom. The predicted molar refractivity (Wildman–Crippen MR) is 186 cm³/mol. The molecular weight excluding hydrogens is 592 g/mol. The lowest BCUT2D eigenvalue weighted by Gasteiger charge is -2.29. The van der Waals surface area contributed by atoms with Crippen LogP contribution in [0, 0.1) is 5.92 Å². The summed E-state index contributed by atoms with van der Waals surface area (Å²) in [4.78, 5) is 35.9. The Morgan fingerprint density at radius 2 is 1.32 bits per heavy atom. The highest BCUT2D eigenvalue weighted by Gasteiger charge is 2.22. The van der Waals surface area contributed by atoms with Gasteiger partial charge in [-0.1, -0.05) is 51.3 Å². The number of ether oxygens (including phenoxy) is 4. The molecule has 0 unspecified atom stereocenters. The van der Waals surface area contributed by atoms with Crippen molar-refractivity contribution in [2.45, 2.75) is 122 Å². The highest BCUT2D eigenvalue weighted by Crippen LogP contribution is 2.38. The van der Waals surface area contributed by atoms with E-state index in [9.17, 15) is 14.4 Å². The number of benzene rings is 2. The largest absolute Gasteiger partial charge is 0.494 e. The standard InChI is InChI=1S/C40H56O7/c1-4-5-9-14-32-16-18-33(19-17-32)34-20-26-37(27-21-34)47-40(43)35-22-24-36(25-23-35)44-28-11-6-7-12-29-45-38(41)15-10-8-13-30-46-39(42)31(2)3/h20-27,32-33H,2,4-19,28-30H2,1,3H3. The van der Waals surface area contributed by atoms with Crippen LogP contribution in [0.15, 0.2) is 60.7 Å². The van der Waals surface area contributed by atoms with Crippen molar-refractivity contribution in [2.24, 2.45) is 5.92 Å². The Balaban J connectivity index is 1.21. The van der Waals surface area contributed by atoms with Crippen molar-refractivity contribution in [1.29, 1.82) is 0 Å². The zero-order valence-corrected chi connectivity index (χ0v) is 28.8. The SMILES string of the molecule is C=C(C)C(=O)OCCCCCC(=O)OCCCCCCOc1ccc(C(=O)Oc2ccc(C3CCC(CCCCC)CC3)cc2)cc1. The van der Waals surface area contributed by atoms with E-state index in [1.807, 2.05) is 12.1 Å². The topological polar surface area (TPSA) is 88.1 Å². The second-order valence-electron chi connectivity index (χ2n) is 12.9. The highest BCUT2D eigenvalue weighted by molar-refractivity contribution is 5.91. The molecule has 47 heavy (non-hydrogen) atoms. The Morgan fingerprint density at radius 3 is 1.98 bits per heavy atom. The molecule has 1 aliphatic rings. The first-order valence-corrected chi connectivity index (χ1v) is 17.9. The van der Waals surface area contributed by atoms with Crippen molar-refractivity contribution in [3.63, 3.8) is 0 Å². The van der Waals surface area contributed by atoms with E-state index in [-0.39, 0.29) is 17.9 Å². The van der Waals surface area contributed by atoms with Gasteiger partial charge in [0.2, 0.25) is 0 Å². The lowest BCUT2D eigenvalue weighted by Crippen LogP contribution is -2.13. The summed E-state index contributed by atoms with van der Waals surface area (Å²) in [5, 5.41) is 0. The second kappa shape index (κ2) is 22.0. The molecule has 2 aromatic carbocycles. The predicted octanol–water partition coefficient (Wildman–Crippen LogP) is 9.92. The van der Waals surface area contributed by atoms with Gasteiger partial charge in [-0.2, -0.15) is 0 Å². The fraction of sp³-hybridized carbons (Fsp3) is 0.575. The lowest BCUT2D eigenvalue weighted by atomic mass is 9.77. The maximum absolute atomic E-state index is 12.7. The van der Waals surface area contributed by atoms with Gasteiger partial charge in [-0.3, -0.25) is 4.79 Å². The van der Waals surface area contributed by atoms with E-state index in [1.54, 1.807) is 31.2 Å². The molecule has 0 aliphatic heterocycles. The minimum Gasteiger partial charge on any atom is -0.494 e. The summed E-state index contributed by atoms with van der Waals surface area (Å²) in [5.41, 5.74) is 2.23. The zero-order valence-electron chi connectivity index (χ0n) is 28.8. The quantitative estimate of drug-likeness (QED) is 0.0543. The zero-order chi connectivity index (χ0) is 33.7. The van der Waals surface area contributed by atoms with E-state index in [0.717, 1.165) is 50.9 Å². The van der Waals surface area contributed by atoms with E-state index >= 15 is 0 Å². The maximum Gasteiger partial charge on any atom is 0.343 e. The number of hydrogen-bond donors (Lipinski definition) is 0. The summed E-state index contributed by atoms with van der Waals surface area (Å²) in [7, 11) is 0. The summed E-state index contributed by atoms with van der Waals surface area (Å²) in [6.45, 7) is 8.78. The molecule has 0 aromatic heterocycles. The van der Waals surface area contributed by atoms with E-state index < -0.39 is 0 Å². The lowest BCUT2D eigenvalue weighted by molar-refractivity contribution is -0.144. The molecule has 0 heterocycles. The van der Waals surface area contributed by atoms with Crippen LogP contribution in [0.2, 0.25) is 0 Å². The molecule has 258 valence electrons. The summed E-state index contributed by atoms with van der Waals surface area (Å²) in [6, 6.07) is 15.1. The summed E-state index contributed by atoms with van der Waals surface area (Å²) < 4.78 is 21.8. The Kier molecular flexibility index (Phi) is 17.8. The third-order valence-electron chi connectivity index (χ3n) is 8.89. The van der Waals surface area contributed by atoms with Crippen molar-refractivity contribution in [1.82, 2.24) is 0 Å². The number of hydrogen-bond acceptors (Lipinski definition) is 7. The number of carbonyl (C=O) groups is 3. The van der Waals surface area contributed by atoms with Crippen LogP contribution in [0.25, 0.3) is 0 Å². The van der Waals surface area contributed by atoms with Gasteiger partial charge < -0.3 is 18.9 Å². The molecular formula is C40H56O7. The number of unbranched alkanes of at least 4 members (excludes halogenated alkanes) is 7. The third-order valence-corrected chi connectivity index (χ3v) is 8.89. The van der Waals surface area contributed by atoms with Crippen molar-refractivity contribution >= 4 is 17.9 Å². The van der Waals surface area contributed by atoms with E-state index in [2.05, 4.69) is 25.6 Å². The Labute approximate surface area is 282 Å². The minimum absolute atomic E-state index is 0.182. The first-order valence-electron chi connectivity index (χ1n) is 17.9. The molecule has 0 atom stereocenters. The molecule has 0 amide bonds. The van der Waals surface area contributed by atoms with E-state index in [1.165, 1.54) is 56.9 Å². The molecule has 0 radical (unpaired) electrons. The van der Waals surface area contributed by atoms with Gasteiger partial charge in [0.05, 0.1) is 25.4 Å². The summed E-state index contributed by atoms with van der Waals surface area (Å²) in [5.74, 6) is 1.86. The highest BCUT2D eigenvalue weighted by atomic mass is 16.5. The molecule has 0 N–H and O–H groups in total. The van der Waals surface area contributed by atoms with Gasteiger partial charge >= 0.3 is 17.9 Å². The average molecular weight is 649 g/mol. The Bertz CT molecular complexity index is 1210. The summed E-state index contributed by atoms with van der Waals surface area (Å²) >= 11 is 0. The van der Waals surface area contributed by atoms with Gasteiger partial charge in [-0.15, -0.1) is 0 Å². The van der Waals surface area contributed by atoms with E-state index in [0.29, 0.717) is 54.8 Å². The average Bonchev–Trinajstić information content (AvgIpc) is 3.08. The number of rotatable bonds is 22. The molecule has 1 aliphatic carbocycles. The van der Waals surface area contributed by atoms with Gasteiger partial charge in [0.1, 0.15) is 11.5 Å². The fourth-order valence-electron chi connectivity index (χ4n) is 5.97. The van der Waals surface area contributed by atoms with Crippen LogP contribution in [-0.2, 0) is 19.1 Å². The van der Waals surface area contributed by atoms with Gasteiger partial charge in [0, 0.05) is 12.0 Å².